The highest BCUT2D eigenvalue weighted by molar-refractivity contribution is 6.09. The van der Waals surface area contributed by atoms with Gasteiger partial charge in [-0.1, -0.05) is 24.3 Å². The lowest BCUT2D eigenvalue weighted by Gasteiger charge is -2.14. The maximum absolute atomic E-state index is 12.7. The number of carbonyl (C=O) groups excluding carboxylic acids is 2. The molecule has 0 bridgehead atoms. The number of nitrogens with one attached hydrogen (secondary N) is 2. The van der Waals surface area contributed by atoms with E-state index < -0.39 is 0 Å². The van der Waals surface area contributed by atoms with E-state index in [1.807, 2.05) is 26.8 Å². The van der Waals surface area contributed by atoms with Crippen molar-refractivity contribution in [3.63, 3.8) is 0 Å². The van der Waals surface area contributed by atoms with Gasteiger partial charge in [-0.15, -0.1) is 5.10 Å². The first-order valence-corrected chi connectivity index (χ1v) is 9.08. The minimum absolute atomic E-state index is 0.0600. The summed E-state index contributed by atoms with van der Waals surface area (Å²) >= 11 is 0. The molecule has 0 saturated heterocycles. The zero-order valence-electron chi connectivity index (χ0n) is 15.7. The average molecular weight is 365 g/mol. The fourth-order valence-corrected chi connectivity index (χ4v) is 2.74. The summed E-state index contributed by atoms with van der Waals surface area (Å²) in [7, 11) is 0. The Kier molecular flexibility index (Phi) is 5.49. The van der Waals surface area contributed by atoms with E-state index in [4.69, 9.17) is 0 Å². The molecule has 0 unspecified atom stereocenters. The first-order valence-electron chi connectivity index (χ1n) is 9.08. The van der Waals surface area contributed by atoms with Gasteiger partial charge in [0.15, 0.2) is 0 Å². The highest BCUT2D eigenvalue weighted by Gasteiger charge is 2.16. The largest absolute Gasteiger partial charge is 0.350 e. The van der Waals surface area contributed by atoms with Crippen LogP contribution in [-0.4, -0.2) is 32.9 Å². The van der Waals surface area contributed by atoms with Crippen molar-refractivity contribution in [2.45, 2.75) is 39.8 Å². The minimum atomic E-state index is -0.299. The Morgan fingerprint density at radius 2 is 1.89 bits per heavy atom. The third-order valence-electron chi connectivity index (χ3n) is 4.49. The topological polar surface area (TPSA) is 88.9 Å². The average Bonchev–Trinajstić information content (AvgIpc) is 3.10. The van der Waals surface area contributed by atoms with E-state index in [-0.39, 0.29) is 17.9 Å². The fourth-order valence-electron chi connectivity index (χ4n) is 2.74. The van der Waals surface area contributed by atoms with Crippen LogP contribution in [0.15, 0.2) is 42.5 Å². The predicted molar refractivity (Wildman–Crippen MR) is 105 cm³/mol. The summed E-state index contributed by atoms with van der Waals surface area (Å²) in [6.07, 6.45) is 0.832. The molecule has 140 valence electrons. The van der Waals surface area contributed by atoms with Crippen molar-refractivity contribution in [2.24, 2.45) is 0 Å². The molecule has 3 aromatic rings. The number of fused-ring (bicyclic) bond motifs is 1. The third kappa shape index (κ3) is 3.97. The van der Waals surface area contributed by atoms with Crippen LogP contribution in [0.2, 0.25) is 0 Å². The maximum atomic E-state index is 12.7. The summed E-state index contributed by atoms with van der Waals surface area (Å²) in [5.74, 6) is -0.506. The lowest BCUT2D eigenvalue weighted by molar-refractivity contribution is 0.0940. The van der Waals surface area contributed by atoms with Gasteiger partial charge >= 0.3 is 0 Å². The number of hydrogen-bond donors (Lipinski definition) is 2. The second-order valence-electron chi connectivity index (χ2n) is 6.39. The van der Waals surface area contributed by atoms with Crippen molar-refractivity contribution in [1.29, 1.82) is 0 Å². The summed E-state index contributed by atoms with van der Waals surface area (Å²) < 4.78 is 1.77. The Bertz CT molecular complexity index is 979. The molecule has 1 heterocycles. The smallest absolute Gasteiger partial charge is 0.255 e. The quantitative estimate of drug-likeness (QED) is 0.702. The van der Waals surface area contributed by atoms with E-state index in [2.05, 4.69) is 20.9 Å². The molecule has 1 atom stereocenters. The number of aryl methyl sites for hydroxylation is 1. The van der Waals surface area contributed by atoms with E-state index in [0.29, 0.717) is 28.9 Å². The Labute approximate surface area is 157 Å². The molecule has 3 rings (SSSR count). The first-order chi connectivity index (χ1) is 13.0. The number of rotatable bonds is 6. The van der Waals surface area contributed by atoms with Crippen LogP contribution < -0.4 is 10.6 Å². The predicted octanol–water partition coefficient (Wildman–Crippen LogP) is 3.23. The molecule has 0 aliphatic heterocycles. The molecule has 0 aliphatic rings. The van der Waals surface area contributed by atoms with Gasteiger partial charge in [-0.25, -0.2) is 4.68 Å². The molecule has 7 nitrogen and oxygen atoms in total. The molecule has 2 N–H and O–H groups in total. The lowest BCUT2D eigenvalue weighted by atomic mass is 10.1. The molecule has 2 aromatic carbocycles. The molecule has 0 radical (unpaired) electrons. The lowest BCUT2D eigenvalue weighted by Crippen LogP contribution is -2.32. The molecule has 1 aromatic heterocycles. The van der Waals surface area contributed by atoms with Crippen LogP contribution in [0, 0.1) is 0 Å². The van der Waals surface area contributed by atoms with Crippen molar-refractivity contribution in [2.75, 3.05) is 5.32 Å². The Morgan fingerprint density at radius 1 is 1.11 bits per heavy atom. The van der Waals surface area contributed by atoms with Gasteiger partial charge in [-0.05, 0) is 50.6 Å². The second-order valence-corrected chi connectivity index (χ2v) is 6.39. The van der Waals surface area contributed by atoms with E-state index >= 15 is 0 Å². The fraction of sp³-hybridized carbons (Fsp3) is 0.300. The monoisotopic (exact) mass is 365 g/mol. The molecular formula is C20H23N5O2. The number of anilines is 1. The molecule has 0 aliphatic carbocycles. The van der Waals surface area contributed by atoms with Gasteiger partial charge in [0.1, 0.15) is 5.52 Å². The van der Waals surface area contributed by atoms with Crippen LogP contribution in [0.4, 0.5) is 5.69 Å². The third-order valence-corrected chi connectivity index (χ3v) is 4.49. The van der Waals surface area contributed by atoms with Crippen LogP contribution in [0.1, 0.15) is 47.9 Å². The second kappa shape index (κ2) is 7.99. The van der Waals surface area contributed by atoms with Gasteiger partial charge in [0.2, 0.25) is 0 Å². The van der Waals surface area contributed by atoms with Crippen molar-refractivity contribution in [3.8, 4) is 0 Å². The molecule has 7 heteroatoms. The van der Waals surface area contributed by atoms with Crippen LogP contribution in [0.5, 0.6) is 0 Å². The number of carbonyl (C=O) groups is 2. The number of para-hydroxylation sites is 1. The zero-order chi connectivity index (χ0) is 19.4. The van der Waals surface area contributed by atoms with Crippen molar-refractivity contribution in [1.82, 2.24) is 20.3 Å². The Morgan fingerprint density at radius 3 is 2.63 bits per heavy atom. The van der Waals surface area contributed by atoms with Crippen molar-refractivity contribution < 1.29 is 9.59 Å². The van der Waals surface area contributed by atoms with E-state index in [1.165, 1.54) is 0 Å². The molecular weight excluding hydrogens is 342 g/mol. The van der Waals surface area contributed by atoms with Crippen LogP contribution in [-0.2, 0) is 6.54 Å². The van der Waals surface area contributed by atoms with Gasteiger partial charge in [-0.2, -0.15) is 0 Å². The molecule has 27 heavy (non-hydrogen) atoms. The minimum Gasteiger partial charge on any atom is -0.350 e. The highest BCUT2D eigenvalue weighted by Crippen LogP contribution is 2.18. The van der Waals surface area contributed by atoms with Crippen molar-refractivity contribution >= 4 is 28.5 Å². The Hall–Kier alpha value is -3.22. The van der Waals surface area contributed by atoms with E-state index in [1.54, 1.807) is 41.1 Å². The highest BCUT2D eigenvalue weighted by atomic mass is 16.2. The number of hydrogen-bond acceptors (Lipinski definition) is 4. The number of nitrogens with zero attached hydrogens (tertiary/aromatic N) is 3. The van der Waals surface area contributed by atoms with Gasteiger partial charge < -0.3 is 10.6 Å². The first kappa shape index (κ1) is 18.6. The normalized spacial score (nSPS) is 12.0. The van der Waals surface area contributed by atoms with E-state index in [9.17, 15) is 9.59 Å². The summed E-state index contributed by atoms with van der Waals surface area (Å²) in [5.41, 5.74) is 2.90. The summed E-state index contributed by atoms with van der Waals surface area (Å²) in [6, 6.07) is 12.3. The van der Waals surface area contributed by atoms with Gasteiger partial charge in [0, 0.05) is 18.2 Å². The number of aromatic nitrogens is 3. The van der Waals surface area contributed by atoms with Crippen LogP contribution in [0.25, 0.3) is 11.0 Å². The van der Waals surface area contributed by atoms with Gasteiger partial charge in [-0.3, -0.25) is 9.59 Å². The molecule has 2 amide bonds. The Balaban J connectivity index is 1.83. The molecule has 0 fully saturated rings. The van der Waals surface area contributed by atoms with Crippen LogP contribution >= 0.6 is 0 Å². The number of amides is 2. The summed E-state index contributed by atoms with van der Waals surface area (Å²) in [5, 5.41) is 13.9. The molecule has 0 saturated carbocycles. The SMILES string of the molecule is CC[C@H](C)NC(=O)c1ccccc1NC(=O)c1ccc2c(c1)nnn2CC. The maximum Gasteiger partial charge on any atom is 0.255 e. The van der Waals surface area contributed by atoms with Crippen molar-refractivity contribution in [3.05, 3.63) is 53.6 Å². The summed E-state index contributed by atoms with van der Waals surface area (Å²) in [6.45, 7) is 6.64. The van der Waals surface area contributed by atoms with Gasteiger partial charge in [0.05, 0.1) is 16.8 Å². The zero-order valence-corrected chi connectivity index (χ0v) is 15.7. The van der Waals surface area contributed by atoms with Crippen LogP contribution in [0.3, 0.4) is 0 Å². The van der Waals surface area contributed by atoms with Gasteiger partial charge in [0.25, 0.3) is 11.8 Å². The van der Waals surface area contributed by atoms with E-state index in [0.717, 1.165) is 11.9 Å². The summed E-state index contributed by atoms with van der Waals surface area (Å²) in [4.78, 5) is 25.2. The standard InChI is InChI=1S/C20H23N5O2/c1-4-13(3)21-20(27)15-8-6-7-9-16(15)22-19(26)14-10-11-18-17(12-14)23-24-25(18)5-2/h6-13H,4-5H2,1-3H3,(H,21,27)(H,22,26)/t13-/m0/s1. The molecule has 0 spiro atoms. The number of benzene rings is 2.